The second-order valence-electron chi connectivity index (χ2n) is 5.30. The van der Waals surface area contributed by atoms with Crippen molar-refractivity contribution >= 4 is 21.6 Å². The highest BCUT2D eigenvalue weighted by Gasteiger charge is 2.10. The molecule has 0 saturated carbocycles. The zero-order valence-corrected chi connectivity index (χ0v) is 13.2. The van der Waals surface area contributed by atoms with E-state index < -0.39 is 10.0 Å². The third-order valence-corrected chi connectivity index (χ3v) is 4.21. The Morgan fingerprint density at radius 1 is 1.00 bits per heavy atom. The predicted octanol–water partition coefficient (Wildman–Crippen LogP) is 2.71. The third kappa shape index (κ3) is 3.93. The van der Waals surface area contributed by atoms with Crippen molar-refractivity contribution in [2.45, 2.75) is 24.7 Å². The molecule has 1 amide bonds. The van der Waals surface area contributed by atoms with Gasteiger partial charge in [-0.2, -0.15) is 0 Å². The SMILES string of the molecule is CC(C)c1ccc(NC(=O)c2ccc(S(N)(=O)=O)cc2)cc1. The fourth-order valence-corrected chi connectivity index (χ4v) is 2.47. The van der Waals surface area contributed by atoms with Crippen LogP contribution in [0.1, 0.15) is 35.7 Å². The predicted molar refractivity (Wildman–Crippen MR) is 86.3 cm³/mol. The molecular formula is C16H18N2O3S. The lowest BCUT2D eigenvalue weighted by Gasteiger charge is -2.08. The van der Waals surface area contributed by atoms with E-state index in [-0.39, 0.29) is 10.8 Å². The molecule has 0 aromatic heterocycles. The first kappa shape index (κ1) is 16.2. The van der Waals surface area contributed by atoms with E-state index in [1.54, 1.807) is 0 Å². The molecule has 6 heteroatoms. The van der Waals surface area contributed by atoms with Gasteiger partial charge in [0.25, 0.3) is 5.91 Å². The molecule has 3 N–H and O–H groups in total. The van der Waals surface area contributed by atoms with Gasteiger partial charge in [0.2, 0.25) is 10.0 Å². The van der Waals surface area contributed by atoms with E-state index in [0.717, 1.165) is 0 Å². The first-order valence-electron chi connectivity index (χ1n) is 6.81. The number of amides is 1. The number of hydrogen-bond donors (Lipinski definition) is 2. The second kappa shape index (κ2) is 6.29. The fraction of sp³-hybridized carbons (Fsp3) is 0.188. The van der Waals surface area contributed by atoms with Crippen LogP contribution in [0.25, 0.3) is 0 Å². The Balaban J connectivity index is 2.12. The second-order valence-corrected chi connectivity index (χ2v) is 6.86. The summed E-state index contributed by atoms with van der Waals surface area (Å²) in [5, 5.41) is 7.78. The molecule has 0 atom stereocenters. The van der Waals surface area contributed by atoms with E-state index in [0.29, 0.717) is 17.2 Å². The number of sulfonamides is 1. The molecule has 0 saturated heterocycles. The van der Waals surface area contributed by atoms with E-state index in [1.165, 1.54) is 29.8 Å². The van der Waals surface area contributed by atoms with Crippen LogP contribution in [0.4, 0.5) is 5.69 Å². The van der Waals surface area contributed by atoms with E-state index >= 15 is 0 Å². The minimum atomic E-state index is -3.75. The number of rotatable bonds is 4. The molecule has 2 rings (SSSR count). The van der Waals surface area contributed by atoms with Gasteiger partial charge in [-0.25, -0.2) is 13.6 Å². The monoisotopic (exact) mass is 318 g/mol. The number of carbonyl (C=O) groups excluding carboxylic acids is 1. The van der Waals surface area contributed by atoms with Crippen molar-refractivity contribution in [2.24, 2.45) is 5.14 Å². The van der Waals surface area contributed by atoms with E-state index in [1.807, 2.05) is 24.3 Å². The van der Waals surface area contributed by atoms with Gasteiger partial charge in [0, 0.05) is 11.3 Å². The summed E-state index contributed by atoms with van der Waals surface area (Å²) < 4.78 is 22.3. The average molecular weight is 318 g/mol. The average Bonchev–Trinajstić information content (AvgIpc) is 2.47. The summed E-state index contributed by atoms with van der Waals surface area (Å²) in [5.74, 6) is 0.119. The Hall–Kier alpha value is -2.18. The molecule has 0 aliphatic carbocycles. The highest BCUT2D eigenvalue weighted by atomic mass is 32.2. The Bertz CT molecular complexity index is 764. The van der Waals surface area contributed by atoms with Crippen LogP contribution >= 0.6 is 0 Å². The lowest BCUT2D eigenvalue weighted by Crippen LogP contribution is -2.14. The highest BCUT2D eigenvalue weighted by molar-refractivity contribution is 7.89. The Morgan fingerprint density at radius 3 is 2.00 bits per heavy atom. The van der Waals surface area contributed by atoms with Crippen molar-refractivity contribution in [3.8, 4) is 0 Å². The van der Waals surface area contributed by atoms with Crippen LogP contribution in [0.2, 0.25) is 0 Å². The van der Waals surface area contributed by atoms with Crippen LogP contribution in [-0.4, -0.2) is 14.3 Å². The van der Waals surface area contributed by atoms with E-state index in [9.17, 15) is 13.2 Å². The van der Waals surface area contributed by atoms with Crippen molar-refractivity contribution in [1.29, 1.82) is 0 Å². The van der Waals surface area contributed by atoms with Crippen molar-refractivity contribution in [1.82, 2.24) is 0 Å². The molecule has 0 heterocycles. The van der Waals surface area contributed by atoms with Gasteiger partial charge < -0.3 is 5.32 Å². The standard InChI is InChI=1S/C16H18N2O3S/c1-11(2)12-3-7-14(8-4-12)18-16(19)13-5-9-15(10-6-13)22(17,20)21/h3-11H,1-2H3,(H,18,19)(H2,17,20,21). The first-order chi connectivity index (χ1) is 10.3. The Morgan fingerprint density at radius 2 is 1.55 bits per heavy atom. The smallest absolute Gasteiger partial charge is 0.255 e. The van der Waals surface area contributed by atoms with Crippen molar-refractivity contribution in [2.75, 3.05) is 5.32 Å². The number of benzene rings is 2. The van der Waals surface area contributed by atoms with Crippen molar-refractivity contribution in [3.05, 3.63) is 59.7 Å². The molecule has 2 aromatic carbocycles. The Labute approximate surface area is 130 Å². The van der Waals surface area contributed by atoms with Crippen LogP contribution in [0.3, 0.4) is 0 Å². The number of anilines is 1. The molecule has 0 fully saturated rings. The number of hydrogen-bond acceptors (Lipinski definition) is 3. The molecule has 0 bridgehead atoms. The summed E-state index contributed by atoms with van der Waals surface area (Å²) in [6.07, 6.45) is 0. The lowest BCUT2D eigenvalue weighted by molar-refractivity contribution is 0.102. The maximum absolute atomic E-state index is 12.1. The van der Waals surface area contributed by atoms with Gasteiger partial charge in [0.15, 0.2) is 0 Å². The highest BCUT2D eigenvalue weighted by Crippen LogP contribution is 2.18. The summed E-state index contributed by atoms with van der Waals surface area (Å²) in [7, 11) is -3.75. The number of nitrogens with one attached hydrogen (secondary N) is 1. The number of nitrogens with two attached hydrogens (primary N) is 1. The first-order valence-corrected chi connectivity index (χ1v) is 8.36. The van der Waals surface area contributed by atoms with Crippen molar-refractivity contribution in [3.63, 3.8) is 0 Å². The summed E-state index contributed by atoms with van der Waals surface area (Å²) in [5.41, 5.74) is 2.24. The van der Waals surface area contributed by atoms with E-state index in [4.69, 9.17) is 5.14 Å². The summed E-state index contributed by atoms with van der Waals surface area (Å²) in [6.45, 7) is 4.20. The van der Waals surface area contributed by atoms with Crippen LogP contribution in [0, 0.1) is 0 Å². The molecule has 0 unspecified atom stereocenters. The van der Waals surface area contributed by atoms with Gasteiger partial charge >= 0.3 is 0 Å². The van der Waals surface area contributed by atoms with Crippen LogP contribution in [0.15, 0.2) is 53.4 Å². The number of primary sulfonamides is 1. The van der Waals surface area contributed by atoms with Crippen LogP contribution in [-0.2, 0) is 10.0 Å². The summed E-state index contributed by atoms with van der Waals surface area (Å²) in [6, 6.07) is 13.1. The normalized spacial score (nSPS) is 11.5. The van der Waals surface area contributed by atoms with Gasteiger partial charge in [-0.3, -0.25) is 4.79 Å². The van der Waals surface area contributed by atoms with Crippen LogP contribution in [0.5, 0.6) is 0 Å². The molecule has 0 spiro atoms. The molecule has 5 nitrogen and oxygen atoms in total. The lowest BCUT2D eigenvalue weighted by atomic mass is 10.0. The zero-order chi connectivity index (χ0) is 16.3. The molecular weight excluding hydrogens is 300 g/mol. The third-order valence-electron chi connectivity index (χ3n) is 3.28. The minimum Gasteiger partial charge on any atom is -0.322 e. The van der Waals surface area contributed by atoms with Gasteiger partial charge in [-0.15, -0.1) is 0 Å². The fourth-order valence-electron chi connectivity index (χ4n) is 1.95. The minimum absolute atomic E-state index is 0.0228. The van der Waals surface area contributed by atoms with Gasteiger partial charge in [-0.1, -0.05) is 26.0 Å². The number of carbonyl (C=O) groups is 1. The van der Waals surface area contributed by atoms with E-state index in [2.05, 4.69) is 19.2 Å². The quantitative estimate of drug-likeness (QED) is 0.908. The van der Waals surface area contributed by atoms with Gasteiger partial charge in [-0.05, 0) is 47.9 Å². The molecule has 22 heavy (non-hydrogen) atoms. The zero-order valence-electron chi connectivity index (χ0n) is 12.4. The largest absolute Gasteiger partial charge is 0.322 e. The maximum Gasteiger partial charge on any atom is 0.255 e. The summed E-state index contributed by atoms with van der Waals surface area (Å²) >= 11 is 0. The van der Waals surface area contributed by atoms with Crippen LogP contribution < -0.4 is 10.5 Å². The van der Waals surface area contributed by atoms with Gasteiger partial charge in [0.1, 0.15) is 0 Å². The molecule has 2 aromatic rings. The topological polar surface area (TPSA) is 89.3 Å². The molecule has 0 aliphatic rings. The molecule has 116 valence electrons. The summed E-state index contributed by atoms with van der Waals surface area (Å²) in [4.78, 5) is 12.1. The van der Waals surface area contributed by atoms with Crippen molar-refractivity contribution < 1.29 is 13.2 Å². The van der Waals surface area contributed by atoms with Gasteiger partial charge in [0.05, 0.1) is 4.90 Å². The molecule has 0 radical (unpaired) electrons. The maximum atomic E-state index is 12.1. The Kier molecular flexibility index (Phi) is 4.63. The molecule has 0 aliphatic heterocycles.